The molecule has 6 heteroatoms. The Balaban J connectivity index is 2.42. The fraction of sp³-hybridized carbons (Fsp3) is 0.455. The van der Waals surface area contributed by atoms with E-state index in [-0.39, 0.29) is 17.6 Å². The van der Waals surface area contributed by atoms with Crippen molar-refractivity contribution in [2.75, 3.05) is 12.4 Å². The van der Waals surface area contributed by atoms with Gasteiger partial charge in [0.05, 0.1) is 12.4 Å². The molecule has 0 saturated heterocycles. The van der Waals surface area contributed by atoms with E-state index >= 15 is 0 Å². The molecule has 0 spiro atoms. The van der Waals surface area contributed by atoms with Crippen molar-refractivity contribution in [1.82, 2.24) is 0 Å². The SMILES string of the molecule is C[C@@H]1COc2ccc(F)cc2[C@H]1CS(N)(=O)=O. The molecular weight excluding hydrogens is 245 g/mol. The largest absolute Gasteiger partial charge is 0.493 e. The number of benzene rings is 1. The number of rotatable bonds is 2. The van der Waals surface area contributed by atoms with E-state index in [4.69, 9.17) is 9.88 Å². The number of ether oxygens (including phenoxy) is 1. The first-order valence-electron chi connectivity index (χ1n) is 5.29. The lowest BCUT2D eigenvalue weighted by atomic mass is 9.87. The zero-order valence-corrected chi connectivity index (χ0v) is 10.2. The highest BCUT2D eigenvalue weighted by atomic mass is 32.2. The predicted octanol–water partition coefficient (Wildman–Crippen LogP) is 1.23. The van der Waals surface area contributed by atoms with Crippen molar-refractivity contribution in [2.45, 2.75) is 12.8 Å². The van der Waals surface area contributed by atoms with Crippen molar-refractivity contribution in [3.05, 3.63) is 29.6 Å². The Hall–Kier alpha value is -1.14. The maximum atomic E-state index is 13.2. The highest BCUT2D eigenvalue weighted by Crippen LogP contribution is 2.37. The van der Waals surface area contributed by atoms with Crippen molar-refractivity contribution in [2.24, 2.45) is 11.1 Å². The Labute approximate surface area is 99.6 Å². The Kier molecular flexibility index (Phi) is 3.09. The molecule has 1 aromatic carbocycles. The fourth-order valence-electron chi connectivity index (χ4n) is 2.09. The highest BCUT2D eigenvalue weighted by Gasteiger charge is 2.31. The molecule has 0 unspecified atom stereocenters. The van der Waals surface area contributed by atoms with Gasteiger partial charge in [-0.15, -0.1) is 0 Å². The molecule has 0 aromatic heterocycles. The van der Waals surface area contributed by atoms with Crippen LogP contribution in [0, 0.1) is 11.7 Å². The minimum Gasteiger partial charge on any atom is -0.493 e. The van der Waals surface area contributed by atoms with Gasteiger partial charge in [-0.2, -0.15) is 0 Å². The molecular formula is C11H14FNO3S. The second kappa shape index (κ2) is 4.27. The second-order valence-corrected chi connectivity index (χ2v) is 6.07. The highest BCUT2D eigenvalue weighted by molar-refractivity contribution is 7.89. The lowest BCUT2D eigenvalue weighted by Gasteiger charge is -2.30. The van der Waals surface area contributed by atoms with Crippen molar-refractivity contribution in [3.8, 4) is 5.75 Å². The third kappa shape index (κ3) is 2.76. The van der Waals surface area contributed by atoms with Crippen LogP contribution in [0.1, 0.15) is 18.4 Å². The van der Waals surface area contributed by atoms with Crippen LogP contribution < -0.4 is 9.88 Å². The number of fused-ring (bicyclic) bond motifs is 1. The average Bonchev–Trinajstić information content (AvgIpc) is 2.21. The summed E-state index contributed by atoms with van der Waals surface area (Å²) in [6.45, 7) is 2.28. The van der Waals surface area contributed by atoms with Gasteiger partial charge in [0.15, 0.2) is 0 Å². The van der Waals surface area contributed by atoms with Crippen LogP contribution in [0.15, 0.2) is 18.2 Å². The summed E-state index contributed by atoms with van der Waals surface area (Å²) in [6.07, 6.45) is 0. The Morgan fingerprint density at radius 1 is 1.53 bits per heavy atom. The van der Waals surface area contributed by atoms with Crippen LogP contribution in [0.3, 0.4) is 0 Å². The number of hydrogen-bond donors (Lipinski definition) is 1. The van der Waals surface area contributed by atoms with E-state index in [0.29, 0.717) is 17.9 Å². The fourth-order valence-corrected chi connectivity index (χ4v) is 3.10. The first-order chi connectivity index (χ1) is 7.87. The van der Waals surface area contributed by atoms with Crippen molar-refractivity contribution in [1.29, 1.82) is 0 Å². The Bertz CT molecular complexity index is 530. The molecule has 0 saturated carbocycles. The van der Waals surface area contributed by atoms with E-state index in [9.17, 15) is 12.8 Å². The number of primary sulfonamides is 1. The van der Waals surface area contributed by atoms with Crippen LogP contribution in [0.4, 0.5) is 4.39 Å². The van der Waals surface area contributed by atoms with Crippen LogP contribution in [-0.4, -0.2) is 20.8 Å². The van der Waals surface area contributed by atoms with Gasteiger partial charge in [-0.1, -0.05) is 6.92 Å². The lowest BCUT2D eigenvalue weighted by molar-refractivity contribution is 0.211. The molecule has 2 N–H and O–H groups in total. The molecule has 0 radical (unpaired) electrons. The molecule has 0 amide bonds. The molecule has 1 aliphatic heterocycles. The average molecular weight is 259 g/mol. The van der Waals surface area contributed by atoms with Crippen molar-refractivity contribution >= 4 is 10.0 Å². The third-order valence-electron chi connectivity index (χ3n) is 2.97. The minimum atomic E-state index is -3.59. The van der Waals surface area contributed by atoms with Crippen LogP contribution in [0.25, 0.3) is 0 Å². The van der Waals surface area contributed by atoms with Crippen LogP contribution in [-0.2, 0) is 10.0 Å². The molecule has 1 aromatic rings. The van der Waals surface area contributed by atoms with Crippen molar-refractivity contribution < 1.29 is 17.5 Å². The minimum absolute atomic E-state index is 0.0115. The van der Waals surface area contributed by atoms with E-state index in [1.54, 1.807) is 0 Å². The summed E-state index contributed by atoms with van der Waals surface area (Å²) < 4.78 is 41.0. The van der Waals surface area contributed by atoms with Crippen molar-refractivity contribution in [3.63, 3.8) is 0 Å². The van der Waals surface area contributed by atoms with Crippen LogP contribution in [0.2, 0.25) is 0 Å². The number of nitrogens with two attached hydrogens (primary N) is 1. The maximum Gasteiger partial charge on any atom is 0.209 e. The van der Waals surface area contributed by atoms with Gasteiger partial charge in [0.2, 0.25) is 10.0 Å². The zero-order chi connectivity index (χ0) is 12.6. The first kappa shape index (κ1) is 12.3. The third-order valence-corrected chi connectivity index (χ3v) is 3.80. The molecule has 0 bridgehead atoms. The summed E-state index contributed by atoms with van der Waals surface area (Å²) in [5, 5.41) is 5.06. The molecule has 94 valence electrons. The van der Waals surface area contributed by atoms with Gasteiger partial charge < -0.3 is 4.74 Å². The molecule has 2 atom stereocenters. The topological polar surface area (TPSA) is 69.4 Å². The van der Waals surface area contributed by atoms with E-state index < -0.39 is 15.8 Å². The summed E-state index contributed by atoms with van der Waals surface area (Å²) in [5.41, 5.74) is 0.581. The summed E-state index contributed by atoms with van der Waals surface area (Å²) >= 11 is 0. The number of sulfonamides is 1. The smallest absolute Gasteiger partial charge is 0.209 e. The molecule has 0 fully saturated rings. The second-order valence-electron chi connectivity index (χ2n) is 4.41. The van der Waals surface area contributed by atoms with E-state index in [2.05, 4.69) is 0 Å². The van der Waals surface area contributed by atoms with Crippen LogP contribution >= 0.6 is 0 Å². The molecule has 1 heterocycles. The summed E-state index contributed by atoms with van der Waals surface area (Å²) in [5.74, 6) is -0.375. The van der Waals surface area contributed by atoms with Crippen LogP contribution in [0.5, 0.6) is 5.75 Å². The van der Waals surface area contributed by atoms with Gasteiger partial charge in [-0.05, 0) is 24.1 Å². The number of hydrogen-bond acceptors (Lipinski definition) is 3. The summed E-state index contributed by atoms with van der Waals surface area (Å²) in [4.78, 5) is 0. The van der Waals surface area contributed by atoms with E-state index in [1.807, 2.05) is 6.92 Å². The standard InChI is InChI=1S/C11H14FNO3S/c1-7-5-16-11-3-2-8(12)4-9(11)10(7)6-17(13,14)15/h2-4,7,10H,5-6H2,1H3,(H2,13,14,15)/t7-,10+/m1/s1. The Morgan fingerprint density at radius 2 is 2.24 bits per heavy atom. The predicted molar refractivity (Wildman–Crippen MR) is 61.8 cm³/mol. The monoisotopic (exact) mass is 259 g/mol. The molecule has 0 aliphatic carbocycles. The summed E-state index contributed by atoms with van der Waals surface area (Å²) in [6, 6.07) is 4.14. The van der Waals surface area contributed by atoms with Gasteiger partial charge >= 0.3 is 0 Å². The molecule has 2 rings (SSSR count). The first-order valence-corrected chi connectivity index (χ1v) is 7.01. The zero-order valence-electron chi connectivity index (χ0n) is 9.39. The summed E-state index contributed by atoms with van der Waals surface area (Å²) in [7, 11) is -3.59. The van der Waals surface area contributed by atoms with Gasteiger partial charge in [0.1, 0.15) is 11.6 Å². The number of halogens is 1. The van der Waals surface area contributed by atoms with Gasteiger partial charge in [-0.3, -0.25) is 0 Å². The van der Waals surface area contributed by atoms with Gasteiger partial charge in [-0.25, -0.2) is 17.9 Å². The Morgan fingerprint density at radius 3 is 2.88 bits per heavy atom. The quantitative estimate of drug-likeness (QED) is 0.868. The molecule has 1 aliphatic rings. The molecule has 17 heavy (non-hydrogen) atoms. The van der Waals surface area contributed by atoms with Gasteiger partial charge in [0.25, 0.3) is 0 Å². The normalized spacial score (nSPS) is 23.9. The van der Waals surface area contributed by atoms with E-state index in [1.165, 1.54) is 18.2 Å². The lowest BCUT2D eigenvalue weighted by Crippen LogP contribution is -2.31. The van der Waals surface area contributed by atoms with E-state index in [0.717, 1.165) is 0 Å². The molecule has 4 nitrogen and oxygen atoms in total. The van der Waals surface area contributed by atoms with Gasteiger partial charge in [0, 0.05) is 11.5 Å². The maximum absolute atomic E-state index is 13.2.